The van der Waals surface area contributed by atoms with Gasteiger partial charge in [-0.2, -0.15) is 5.10 Å². The van der Waals surface area contributed by atoms with Gasteiger partial charge in [0.25, 0.3) is 5.91 Å². The first-order valence-electron chi connectivity index (χ1n) is 9.17. The topological polar surface area (TPSA) is 78.0 Å². The van der Waals surface area contributed by atoms with E-state index in [0.29, 0.717) is 18.4 Å². The Morgan fingerprint density at radius 2 is 1.74 bits per heavy atom. The molecule has 0 radical (unpaired) electrons. The van der Waals surface area contributed by atoms with E-state index < -0.39 is 0 Å². The normalized spacial score (nSPS) is 12.0. The van der Waals surface area contributed by atoms with E-state index in [2.05, 4.69) is 15.5 Å². The van der Waals surface area contributed by atoms with Crippen LogP contribution in [-0.4, -0.2) is 33.9 Å². The van der Waals surface area contributed by atoms with Crippen LogP contribution in [0.3, 0.4) is 0 Å². The molecule has 27 heavy (non-hydrogen) atoms. The highest BCUT2D eigenvalue weighted by Gasteiger charge is 2.12. The van der Waals surface area contributed by atoms with Gasteiger partial charge in [0.1, 0.15) is 0 Å². The lowest BCUT2D eigenvalue weighted by Crippen LogP contribution is -2.34. The standard InChI is InChI=1S/C22H25N3O2/c1-15(13-21-14-16(2)24-25-21)23-22(27)20-9-7-19(8-10-20)18-5-3-17(4-6-18)11-12-26/h3-10,14-15,26H,11-13H2,1-2H3,(H,23,27)(H,24,25)/t15-/m1/s1. The van der Waals surface area contributed by atoms with Crippen LogP contribution in [0.4, 0.5) is 0 Å². The molecule has 0 aliphatic heterocycles. The zero-order valence-corrected chi connectivity index (χ0v) is 15.7. The number of nitrogens with one attached hydrogen (secondary N) is 2. The summed E-state index contributed by atoms with van der Waals surface area (Å²) in [4.78, 5) is 12.5. The fourth-order valence-electron chi connectivity index (χ4n) is 3.06. The Hall–Kier alpha value is -2.92. The maximum absolute atomic E-state index is 12.5. The summed E-state index contributed by atoms with van der Waals surface area (Å²) in [5.74, 6) is -0.0837. The Balaban J connectivity index is 1.61. The molecular weight excluding hydrogens is 338 g/mol. The van der Waals surface area contributed by atoms with Gasteiger partial charge in [0, 0.05) is 30.3 Å². The highest BCUT2D eigenvalue weighted by molar-refractivity contribution is 5.94. The van der Waals surface area contributed by atoms with Crippen molar-refractivity contribution in [3.63, 3.8) is 0 Å². The number of aliphatic hydroxyl groups excluding tert-OH is 1. The van der Waals surface area contributed by atoms with Crippen molar-refractivity contribution < 1.29 is 9.90 Å². The number of benzene rings is 2. The van der Waals surface area contributed by atoms with Crippen molar-refractivity contribution in [3.8, 4) is 11.1 Å². The Morgan fingerprint density at radius 1 is 1.11 bits per heavy atom. The third-order valence-corrected chi connectivity index (χ3v) is 4.49. The number of hydrogen-bond acceptors (Lipinski definition) is 3. The molecule has 3 N–H and O–H groups in total. The molecule has 5 nitrogen and oxygen atoms in total. The molecule has 0 spiro atoms. The SMILES string of the molecule is Cc1cc(C[C@@H](C)NC(=O)c2ccc(-c3ccc(CCO)cc3)cc2)n[nH]1. The molecule has 1 aromatic heterocycles. The van der Waals surface area contributed by atoms with Crippen LogP contribution in [-0.2, 0) is 12.8 Å². The van der Waals surface area contributed by atoms with Crippen LogP contribution < -0.4 is 5.32 Å². The van der Waals surface area contributed by atoms with Crippen molar-refractivity contribution in [2.24, 2.45) is 0 Å². The van der Waals surface area contributed by atoms with Gasteiger partial charge in [-0.15, -0.1) is 0 Å². The molecule has 0 fully saturated rings. The fraction of sp³-hybridized carbons (Fsp3) is 0.273. The van der Waals surface area contributed by atoms with E-state index in [0.717, 1.165) is 28.1 Å². The van der Waals surface area contributed by atoms with E-state index in [9.17, 15) is 4.79 Å². The van der Waals surface area contributed by atoms with Crippen LogP contribution in [0.2, 0.25) is 0 Å². The maximum atomic E-state index is 12.5. The van der Waals surface area contributed by atoms with Gasteiger partial charge >= 0.3 is 0 Å². The molecule has 5 heteroatoms. The van der Waals surface area contributed by atoms with Crippen LogP contribution >= 0.6 is 0 Å². The summed E-state index contributed by atoms with van der Waals surface area (Å²) in [6.07, 6.45) is 1.35. The number of rotatable bonds is 7. The number of carbonyl (C=O) groups excluding carboxylic acids is 1. The largest absolute Gasteiger partial charge is 0.396 e. The predicted molar refractivity (Wildman–Crippen MR) is 107 cm³/mol. The Morgan fingerprint density at radius 3 is 2.30 bits per heavy atom. The fourth-order valence-corrected chi connectivity index (χ4v) is 3.06. The molecule has 3 rings (SSSR count). The molecule has 140 valence electrons. The highest BCUT2D eigenvalue weighted by Crippen LogP contribution is 2.20. The Kier molecular flexibility index (Phi) is 6.04. The summed E-state index contributed by atoms with van der Waals surface area (Å²) >= 11 is 0. The number of amides is 1. The summed E-state index contributed by atoms with van der Waals surface area (Å²) in [5.41, 5.74) is 5.86. The molecule has 1 amide bonds. The van der Waals surface area contributed by atoms with Gasteiger partial charge in [0.2, 0.25) is 0 Å². The molecule has 1 heterocycles. The van der Waals surface area contributed by atoms with Crippen molar-refractivity contribution in [2.45, 2.75) is 32.7 Å². The molecule has 3 aromatic rings. The van der Waals surface area contributed by atoms with Crippen LogP contribution in [0.25, 0.3) is 11.1 Å². The lowest BCUT2D eigenvalue weighted by atomic mass is 10.0. The Labute approximate surface area is 159 Å². The predicted octanol–water partition coefficient (Wildman–Crippen LogP) is 3.28. The van der Waals surface area contributed by atoms with E-state index in [1.165, 1.54) is 0 Å². The number of hydrogen-bond donors (Lipinski definition) is 3. The smallest absolute Gasteiger partial charge is 0.251 e. The van der Waals surface area contributed by atoms with Crippen LogP contribution in [0, 0.1) is 6.92 Å². The zero-order chi connectivity index (χ0) is 19.2. The first-order chi connectivity index (χ1) is 13.0. The summed E-state index contributed by atoms with van der Waals surface area (Å²) in [7, 11) is 0. The number of nitrogens with zero attached hydrogens (tertiary/aromatic N) is 1. The average Bonchev–Trinajstić information content (AvgIpc) is 3.07. The third-order valence-electron chi connectivity index (χ3n) is 4.49. The first-order valence-corrected chi connectivity index (χ1v) is 9.17. The minimum Gasteiger partial charge on any atom is -0.396 e. The number of carbonyl (C=O) groups is 1. The number of aromatic nitrogens is 2. The summed E-state index contributed by atoms with van der Waals surface area (Å²) in [6, 6.07) is 17.7. The molecule has 0 unspecified atom stereocenters. The minimum atomic E-state index is -0.0837. The van der Waals surface area contributed by atoms with E-state index in [4.69, 9.17) is 5.11 Å². The average molecular weight is 363 g/mol. The molecule has 0 saturated carbocycles. The van der Waals surface area contributed by atoms with Crippen molar-refractivity contribution in [3.05, 3.63) is 77.1 Å². The number of aryl methyl sites for hydroxylation is 1. The van der Waals surface area contributed by atoms with Crippen LogP contribution in [0.1, 0.15) is 34.2 Å². The lowest BCUT2D eigenvalue weighted by Gasteiger charge is -2.13. The zero-order valence-electron chi connectivity index (χ0n) is 15.7. The van der Waals surface area contributed by atoms with Gasteiger partial charge in [0.05, 0.1) is 5.69 Å². The van der Waals surface area contributed by atoms with Gasteiger partial charge in [0.15, 0.2) is 0 Å². The maximum Gasteiger partial charge on any atom is 0.251 e. The third kappa shape index (κ3) is 5.05. The van der Waals surface area contributed by atoms with Crippen LogP contribution in [0.15, 0.2) is 54.6 Å². The Bertz CT molecular complexity index is 883. The summed E-state index contributed by atoms with van der Waals surface area (Å²) in [6.45, 7) is 4.09. The number of aromatic amines is 1. The van der Waals surface area contributed by atoms with Crippen molar-refractivity contribution in [1.29, 1.82) is 0 Å². The number of aliphatic hydroxyl groups is 1. The molecule has 0 bridgehead atoms. The van der Waals surface area contributed by atoms with E-state index in [1.54, 1.807) is 0 Å². The van der Waals surface area contributed by atoms with Gasteiger partial charge in [-0.05, 0) is 55.2 Å². The lowest BCUT2D eigenvalue weighted by molar-refractivity contribution is 0.0940. The number of H-pyrrole nitrogens is 1. The minimum absolute atomic E-state index is 0.000976. The van der Waals surface area contributed by atoms with Gasteiger partial charge < -0.3 is 10.4 Å². The van der Waals surface area contributed by atoms with E-state index >= 15 is 0 Å². The molecule has 0 aliphatic rings. The second-order valence-electron chi connectivity index (χ2n) is 6.87. The van der Waals surface area contributed by atoms with E-state index in [1.807, 2.05) is 68.4 Å². The molecular formula is C22H25N3O2. The molecule has 0 saturated heterocycles. The van der Waals surface area contributed by atoms with Crippen molar-refractivity contribution in [1.82, 2.24) is 15.5 Å². The second kappa shape index (κ2) is 8.64. The van der Waals surface area contributed by atoms with Crippen LogP contribution in [0.5, 0.6) is 0 Å². The quantitative estimate of drug-likeness (QED) is 0.603. The van der Waals surface area contributed by atoms with Gasteiger partial charge in [-0.1, -0.05) is 36.4 Å². The summed E-state index contributed by atoms with van der Waals surface area (Å²) in [5, 5.41) is 19.1. The summed E-state index contributed by atoms with van der Waals surface area (Å²) < 4.78 is 0. The molecule has 0 aliphatic carbocycles. The highest BCUT2D eigenvalue weighted by atomic mass is 16.3. The van der Waals surface area contributed by atoms with Crippen molar-refractivity contribution >= 4 is 5.91 Å². The van der Waals surface area contributed by atoms with Gasteiger partial charge in [-0.25, -0.2) is 0 Å². The first kappa shape index (κ1) is 18.9. The van der Waals surface area contributed by atoms with Crippen molar-refractivity contribution in [2.75, 3.05) is 6.61 Å². The monoisotopic (exact) mass is 363 g/mol. The molecule has 1 atom stereocenters. The van der Waals surface area contributed by atoms with Gasteiger partial charge in [-0.3, -0.25) is 9.89 Å². The molecule has 2 aromatic carbocycles. The van der Waals surface area contributed by atoms with E-state index in [-0.39, 0.29) is 18.6 Å². The second-order valence-corrected chi connectivity index (χ2v) is 6.87.